The molecule has 3 rings (SSSR count). The fraction of sp³-hybridized carbons (Fsp3) is 0.385. The number of nitrogens with one attached hydrogen (secondary N) is 1. The molecule has 0 saturated carbocycles. The lowest BCUT2D eigenvalue weighted by atomic mass is 10.1. The molecule has 1 N–H and O–H groups in total. The third-order valence-corrected chi connectivity index (χ3v) is 5.29. The Hall–Kier alpha value is -3.76. The van der Waals surface area contributed by atoms with Crippen LogP contribution in [0.1, 0.15) is 21.7 Å². The van der Waals surface area contributed by atoms with E-state index in [9.17, 15) is 4.79 Å². The number of carbonyl (C=O) groups is 1. The van der Waals surface area contributed by atoms with Crippen LogP contribution in [-0.4, -0.2) is 74.6 Å². The normalized spacial score (nSPS) is 10.6. The molecule has 36 heavy (non-hydrogen) atoms. The molecule has 1 heterocycles. The summed E-state index contributed by atoms with van der Waals surface area (Å²) in [6, 6.07) is 14.8. The van der Waals surface area contributed by atoms with Crippen LogP contribution in [0.5, 0.6) is 11.5 Å². The van der Waals surface area contributed by atoms with Gasteiger partial charge in [0.05, 0.1) is 52.8 Å². The monoisotopic (exact) mass is 495 g/mol. The van der Waals surface area contributed by atoms with Crippen LogP contribution in [0, 0.1) is 6.92 Å². The highest BCUT2D eigenvalue weighted by atomic mass is 16.5. The van der Waals surface area contributed by atoms with Crippen LogP contribution in [0.15, 0.2) is 54.9 Å². The van der Waals surface area contributed by atoms with E-state index in [1.165, 1.54) is 6.33 Å². The van der Waals surface area contributed by atoms with Crippen molar-refractivity contribution in [2.75, 3.05) is 58.6 Å². The zero-order valence-electron chi connectivity index (χ0n) is 21.0. The first-order valence-electron chi connectivity index (χ1n) is 11.7. The molecule has 0 aliphatic rings. The molecule has 10 nitrogen and oxygen atoms in total. The Morgan fingerprint density at radius 3 is 2.25 bits per heavy atom. The van der Waals surface area contributed by atoms with Crippen molar-refractivity contribution in [3.8, 4) is 11.5 Å². The quantitative estimate of drug-likeness (QED) is 0.318. The van der Waals surface area contributed by atoms with E-state index >= 15 is 0 Å². The van der Waals surface area contributed by atoms with Crippen LogP contribution < -0.4 is 19.7 Å². The molecule has 0 radical (unpaired) electrons. The van der Waals surface area contributed by atoms with Crippen molar-refractivity contribution in [1.29, 1.82) is 0 Å². The molecule has 1 aromatic heterocycles. The first kappa shape index (κ1) is 26.8. The number of methoxy groups -OCH3 is 2. The van der Waals surface area contributed by atoms with Crippen LogP contribution in [0.4, 0.5) is 5.95 Å². The topological polar surface area (TPSA) is 108 Å². The second-order valence-electron chi connectivity index (χ2n) is 7.74. The van der Waals surface area contributed by atoms with Gasteiger partial charge < -0.3 is 29.2 Å². The molecule has 192 valence electrons. The second-order valence-corrected chi connectivity index (χ2v) is 7.74. The van der Waals surface area contributed by atoms with Gasteiger partial charge in [-0.1, -0.05) is 24.3 Å². The minimum Gasteiger partial charge on any atom is -0.496 e. The fourth-order valence-corrected chi connectivity index (χ4v) is 3.47. The Morgan fingerprint density at radius 2 is 1.58 bits per heavy atom. The van der Waals surface area contributed by atoms with Crippen molar-refractivity contribution in [3.63, 3.8) is 0 Å². The molecular weight excluding hydrogens is 462 g/mol. The molecule has 0 unspecified atom stereocenters. The highest BCUT2D eigenvalue weighted by Gasteiger charge is 2.17. The molecule has 1 amide bonds. The standard InChI is InChI=1S/C26H33N5O5/c1-20-28-19-29-26(30-20)31(18-22-23(33-2)10-7-11-24(22)34-3)13-15-36-17-16-35-14-12-27-25(32)21-8-5-4-6-9-21/h4-11,19H,12-18H2,1-3H3,(H,27,32). The van der Waals surface area contributed by atoms with Crippen molar-refractivity contribution >= 4 is 11.9 Å². The maximum atomic E-state index is 12.0. The maximum absolute atomic E-state index is 12.0. The number of benzene rings is 2. The van der Waals surface area contributed by atoms with Crippen LogP contribution in [0.25, 0.3) is 0 Å². The molecule has 3 aromatic rings. The van der Waals surface area contributed by atoms with Gasteiger partial charge in [-0.25, -0.2) is 9.97 Å². The lowest BCUT2D eigenvalue weighted by molar-refractivity contribution is 0.0505. The number of amides is 1. The summed E-state index contributed by atoms with van der Waals surface area (Å²) in [5, 5.41) is 2.83. The van der Waals surface area contributed by atoms with Gasteiger partial charge in [0.15, 0.2) is 0 Å². The number of rotatable bonds is 15. The zero-order valence-corrected chi connectivity index (χ0v) is 21.0. The van der Waals surface area contributed by atoms with E-state index in [1.54, 1.807) is 26.4 Å². The van der Waals surface area contributed by atoms with Gasteiger partial charge >= 0.3 is 0 Å². The smallest absolute Gasteiger partial charge is 0.251 e. The Bertz CT molecular complexity index is 1060. The number of hydrogen-bond donors (Lipinski definition) is 1. The van der Waals surface area contributed by atoms with Gasteiger partial charge in [0.2, 0.25) is 5.95 Å². The van der Waals surface area contributed by atoms with Gasteiger partial charge in [-0.3, -0.25) is 4.79 Å². The molecule has 2 aromatic carbocycles. The minimum atomic E-state index is -0.115. The lowest BCUT2D eigenvalue weighted by Gasteiger charge is -2.24. The number of carbonyl (C=O) groups excluding carboxylic acids is 1. The van der Waals surface area contributed by atoms with Crippen molar-refractivity contribution in [2.24, 2.45) is 0 Å². The Labute approximate surface area is 211 Å². The number of hydrogen-bond acceptors (Lipinski definition) is 9. The third-order valence-electron chi connectivity index (χ3n) is 5.29. The summed E-state index contributed by atoms with van der Waals surface area (Å²) < 4.78 is 22.4. The van der Waals surface area contributed by atoms with Crippen molar-refractivity contribution < 1.29 is 23.7 Å². The Morgan fingerprint density at radius 1 is 0.889 bits per heavy atom. The van der Waals surface area contributed by atoms with Gasteiger partial charge in [-0.15, -0.1) is 0 Å². The summed E-state index contributed by atoms with van der Waals surface area (Å²) in [5.74, 6) is 2.50. The van der Waals surface area contributed by atoms with Crippen LogP contribution in [0.2, 0.25) is 0 Å². The van der Waals surface area contributed by atoms with E-state index in [1.807, 2.05) is 48.2 Å². The average molecular weight is 496 g/mol. The van der Waals surface area contributed by atoms with E-state index in [0.29, 0.717) is 63.4 Å². The van der Waals surface area contributed by atoms with E-state index in [2.05, 4.69) is 20.3 Å². The lowest BCUT2D eigenvalue weighted by Crippen LogP contribution is -2.30. The first-order valence-corrected chi connectivity index (χ1v) is 11.7. The summed E-state index contributed by atoms with van der Waals surface area (Å²) in [7, 11) is 3.26. The average Bonchev–Trinajstić information content (AvgIpc) is 2.91. The predicted molar refractivity (Wildman–Crippen MR) is 136 cm³/mol. The molecule has 0 atom stereocenters. The number of aryl methyl sites for hydroxylation is 1. The van der Waals surface area contributed by atoms with Gasteiger partial charge in [0, 0.05) is 18.7 Å². The molecule has 0 aliphatic heterocycles. The largest absolute Gasteiger partial charge is 0.496 e. The summed E-state index contributed by atoms with van der Waals surface area (Å²) >= 11 is 0. The van der Waals surface area contributed by atoms with Crippen molar-refractivity contribution in [3.05, 3.63) is 71.8 Å². The summed E-state index contributed by atoms with van der Waals surface area (Å²) in [5.41, 5.74) is 1.52. The highest BCUT2D eigenvalue weighted by molar-refractivity contribution is 5.94. The van der Waals surface area contributed by atoms with E-state index < -0.39 is 0 Å². The zero-order chi connectivity index (χ0) is 25.6. The van der Waals surface area contributed by atoms with Crippen LogP contribution in [0.3, 0.4) is 0 Å². The molecule has 10 heteroatoms. The SMILES string of the molecule is COc1cccc(OC)c1CN(CCOCCOCCNC(=O)c1ccccc1)c1ncnc(C)n1. The third kappa shape index (κ3) is 8.17. The van der Waals surface area contributed by atoms with Crippen LogP contribution in [-0.2, 0) is 16.0 Å². The number of nitrogens with zero attached hydrogens (tertiary/aromatic N) is 4. The summed E-state index contributed by atoms with van der Waals surface area (Å²) in [6.45, 7) is 4.96. The highest BCUT2D eigenvalue weighted by Crippen LogP contribution is 2.30. The molecule has 0 aliphatic carbocycles. The number of ether oxygens (including phenoxy) is 4. The minimum absolute atomic E-state index is 0.115. The fourth-order valence-electron chi connectivity index (χ4n) is 3.47. The maximum Gasteiger partial charge on any atom is 0.251 e. The van der Waals surface area contributed by atoms with Gasteiger partial charge in [0.1, 0.15) is 23.7 Å². The van der Waals surface area contributed by atoms with E-state index in [4.69, 9.17) is 18.9 Å². The van der Waals surface area contributed by atoms with Crippen LogP contribution >= 0.6 is 0 Å². The summed E-state index contributed by atoms with van der Waals surface area (Å²) in [4.78, 5) is 26.9. The second kappa shape index (κ2) is 14.6. The van der Waals surface area contributed by atoms with E-state index in [0.717, 1.165) is 17.1 Å². The number of anilines is 1. The van der Waals surface area contributed by atoms with E-state index in [-0.39, 0.29) is 5.91 Å². The van der Waals surface area contributed by atoms with Gasteiger partial charge in [-0.2, -0.15) is 4.98 Å². The first-order chi connectivity index (χ1) is 17.6. The molecule has 0 fully saturated rings. The Balaban J connectivity index is 1.44. The molecule has 0 spiro atoms. The predicted octanol–water partition coefficient (Wildman–Crippen LogP) is 2.67. The molecular formula is C26H33N5O5. The van der Waals surface area contributed by atoms with Crippen molar-refractivity contribution in [2.45, 2.75) is 13.5 Å². The Kier molecular flexibility index (Phi) is 10.9. The number of aromatic nitrogens is 3. The van der Waals surface area contributed by atoms with Crippen molar-refractivity contribution in [1.82, 2.24) is 20.3 Å². The van der Waals surface area contributed by atoms with Gasteiger partial charge in [0.25, 0.3) is 5.91 Å². The molecule has 0 saturated heterocycles. The van der Waals surface area contributed by atoms with Gasteiger partial charge in [-0.05, 0) is 31.2 Å². The molecule has 0 bridgehead atoms. The summed E-state index contributed by atoms with van der Waals surface area (Å²) in [6.07, 6.45) is 1.50.